The third-order valence-corrected chi connectivity index (χ3v) is 6.35. The summed E-state index contributed by atoms with van der Waals surface area (Å²) in [6.45, 7) is 4.49. The van der Waals surface area contributed by atoms with Gasteiger partial charge >= 0.3 is 0 Å². The van der Waals surface area contributed by atoms with Gasteiger partial charge in [-0.25, -0.2) is 9.50 Å². The number of piperazine rings is 1. The van der Waals surface area contributed by atoms with E-state index in [0.717, 1.165) is 39.3 Å². The van der Waals surface area contributed by atoms with Crippen LogP contribution in [-0.2, 0) is 11.8 Å². The molecule has 1 fully saturated rings. The number of nitrogens with zero attached hydrogens (tertiary/aromatic N) is 8. The fraction of sp³-hybridized carbons (Fsp3) is 0.240. The molecule has 0 bridgehead atoms. The zero-order valence-corrected chi connectivity index (χ0v) is 18.9. The fourth-order valence-electron chi connectivity index (χ4n) is 4.32. The Bertz CT molecular complexity index is 1470. The number of carbonyl (C=O) groups is 1. The van der Waals surface area contributed by atoms with Gasteiger partial charge in [-0.1, -0.05) is 0 Å². The van der Waals surface area contributed by atoms with E-state index < -0.39 is 0 Å². The zero-order valence-electron chi connectivity index (χ0n) is 18.9. The summed E-state index contributed by atoms with van der Waals surface area (Å²) in [6, 6.07) is 8.27. The molecule has 0 aliphatic carbocycles. The molecule has 5 heterocycles. The molecule has 5 rings (SSSR count). The molecule has 0 N–H and O–H groups in total. The van der Waals surface area contributed by atoms with E-state index in [0.29, 0.717) is 31.7 Å². The number of pyridine rings is 2. The second kappa shape index (κ2) is 8.38. The molecular weight excluding hydrogens is 428 g/mol. The predicted octanol–water partition coefficient (Wildman–Crippen LogP) is 2.26. The lowest BCUT2D eigenvalue weighted by atomic mass is 10.0. The van der Waals surface area contributed by atoms with Crippen molar-refractivity contribution in [3.05, 3.63) is 54.2 Å². The maximum Gasteiger partial charge on any atom is 0.298 e. The highest BCUT2D eigenvalue weighted by atomic mass is 16.2. The first-order valence-electron chi connectivity index (χ1n) is 10.9. The molecule has 1 aliphatic heterocycles. The monoisotopic (exact) mass is 450 g/mol. The summed E-state index contributed by atoms with van der Waals surface area (Å²) in [7, 11) is 1.91. The summed E-state index contributed by atoms with van der Waals surface area (Å²) in [5.74, 6) is 2.74. The first-order chi connectivity index (χ1) is 16.5. The molecule has 0 atom stereocenters. The topological polar surface area (TPSA) is 95.4 Å². The minimum Gasteiger partial charge on any atom is -0.353 e. The highest BCUT2D eigenvalue weighted by molar-refractivity contribution is 5.93. The van der Waals surface area contributed by atoms with Crippen LogP contribution < -0.4 is 4.90 Å². The lowest BCUT2D eigenvalue weighted by molar-refractivity contribution is -0.125. The van der Waals surface area contributed by atoms with Gasteiger partial charge in [-0.05, 0) is 31.0 Å². The summed E-state index contributed by atoms with van der Waals surface area (Å²) < 4.78 is 3.57. The number of aryl methyl sites for hydroxylation is 1. The zero-order chi connectivity index (χ0) is 23.8. The third kappa shape index (κ3) is 3.54. The molecule has 9 heteroatoms. The van der Waals surface area contributed by atoms with Crippen molar-refractivity contribution in [3.8, 4) is 40.7 Å². The number of fused-ring (bicyclic) bond motifs is 1. The van der Waals surface area contributed by atoms with Gasteiger partial charge in [0.2, 0.25) is 0 Å². The Kier molecular flexibility index (Phi) is 5.23. The molecule has 0 unspecified atom stereocenters. The fourth-order valence-corrected chi connectivity index (χ4v) is 4.32. The number of rotatable bonds is 3. The normalized spacial score (nSPS) is 13.6. The van der Waals surface area contributed by atoms with E-state index >= 15 is 0 Å². The van der Waals surface area contributed by atoms with Gasteiger partial charge in [-0.15, -0.1) is 6.42 Å². The van der Waals surface area contributed by atoms with Crippen molar-refractivity contribution in [1.82, 2.24) is 29.3 Å². The number of amides is 1. The molecule has 1 amide bonds. The van der Waals surface area contributed by atoms with Crippen LogP contribution in [0.3, 0.4) is 0 Å². The molecule has 4 aromatic heterocycles. The molecular formula is C25H22N8O. The van der Waals surface area contributed by atoms with Gasteiger partial charge in [-0.2, -0.15) is 15.5 Å². The average Bonchev–Trinajstić information content (AvgIpc) is 3.45. The van der Waals surface area contributed by atoms with Crippen molar-refractivity contribution in [1.29, 1.82) is 5.26 Å². The highest BCUT2D eigenvalue weighted by Gasteiger charge is 2.21. The van der Waals surface area contributed by atoms with E-state index in [1.54, 1.807) is 15.6 Å². The number of hydrogen-bond donors (Lipinski definition) is 0. The van der Waals surface area contributed by atoms with Crippen molar-refractivity contribution in [2.45, 2.75) is 6.92 Å². The second-order valence-electron chi connectivity index (χ2n) is 8.20. The number of nitriles is 1. The van der Waals surface area contributed by atoms with Gasteiger partial charge in [0.1, 0.15) is 11.9 Å². The number of anilines is 1. The molecule has 0 saturated carbocycles. The smallest absolute Gasteiger partial charge is 0.298 e. The third-order valence-electron chi connectivity index (χ3n) is 6.35. The molecule has 0 spiro atoms. The van der Waals surface area contributed by atoms with Crippen molar-refractivity contribution < 1.29 is 4.79 Å². The Morgan fingerprint density at radius 2 is 1.85 bits per heavy atom. The molecule has 4 aromatic rings. The Morgan fingerprint density at radius 1 is 1.06 bits per heavy atom. The van der Waals surface area contributed by atoms with Crippen LogP contribution in [0.1, 0.15) is 11.3 Å². The number of hydrogen-bond acceptors (Lipinski definition) is 6. The van der Waals surface area contributed by atoms with E-state index in [1.807, 2.05) is 49.4 Å². The first kappa shape index (κ1) is 21.2. The Hall–Kier alpha value is -4.63. The van der Waals surface area contributed by atoms with E-state index in [-0.39, 0.29) is 5.91 Å². The Balaban J connectivity index is 1.51. The van der Waals surface area contributed by atoms with Crippen LogP contribution in [0.2, 0.25) is 0 Å². The summed E-state index contributed by atoms with van der Waals surface area (Å²) in [5.41, 5.74) is 6.00. The lowest BCUT2D eigenvalue weighted by Gasteiger charge is -2.34. The summed E-state index contributed by atoms with van der Waals surface area (Å²) in [4.78, 5) is 20.2. The molecule has 1 aliphatic rings. The SMILES string of the molecule is C#CC(=O)N1CCN(c2ccc(-c3cc(-c4cnn(C)c4C)cn4ncc(C#N)c34)cn2)CC1. The van der Waals surface area contributed by atoms with Crippen LogP contribution in [0.15, 0.2) is 43.0 Å². The molecule has 168 valence electrons. The van der Waals surface area contributed by atoms with E-state index in [1.165, 1.54) is 0 Å². The number of carbonyl (C=O) groups excluding carboxylic acids is 1. The highest BCUT2D eigenvalue weighted by Crippen LogP contribution is 2.33. The van der Waals surface area contributed by atoms with Crippen LogP contribution in [0.25, 0.3) is 27.8 Å². The van der Waals surface area contributed by atoms with Crippen molar-refractivity contribution in [2.75, 3.05) is 31.1 Å². The van der Waals surface area contributed by atoms with Crippen molar-refractivity contribution in [3.63, 3.8) is 0 Å². The van der Waals surface area contributed by atoms with Gasteiger partial charge in [0, 0.05) is 73.6 Å². The minimum atomic E-state index is -0.273. The molecule has 0 radical (unpaired) electrons. The number of terminal acetylenes is 1. The average molecular weight is 451 g/mol. The van der Waals surface area contributed by atoms with Gasteiger partial charge in [0.25, 0.3) is 5.91 Å². The minimum absolute atomic E-state index is 0.273. The molecule has 1 saturated heterocycles. The van der Waals surface area contributed by atoms with Crippen LogP contribution in [0.5, 0.6) is 0 Å². The summed E-state index contributed by atoms with van der Waals surface area (Å²) >= 11 is 0. The summed E-state index contributed by atoms with van der Waals surface area (Å²) in [6.07, 6.45) is 12.4. The van der Waals surface area contributed by atoms with Crippen LogP contribution in [-0.4, -0.2) is 61.4 Å². The molecule has 9 nitrogen and oxygen atoms in total. The van der Waals surface area contributed by atoms with Crippen LogP contribution >= 0.6 is 0 Å². The molecule has 34 heavy (non-hydrogen) atoms. The van der Waals surface area contributed by atoms with Gasteiger partial charge in [0.05, 0.1) is 23.5 Å². The van der Waals surface area contributed by atoms with Gasteiger partial charge in [-0.3, -0.25) is 9.48 Å². The van der Waals surface area contributed by atoms with Gasteiger partial charge < -0.3 is 9.80 Å². The predicted molar refractivity (Wildman–Crippen MR) is 128 cm³/mol. The molecule has 0 aromatic carbocycles. The summed E-state index contributed by atoms with van der Waals surface area (Å²) in [5, 5.41) is 18.4. The Morgan fingerprint density at radius 3 is 2.47 bits per heavy atom. The van der Waals surface area contributed by atoms with Crippen molar-refractivity contribution in [2.24, 2.45) is 7.05 Å². The quantitative estimate of drug-likeness (QED) is 0.445. The van der Waals surface area contributed by atoms with Crippen LogP contribution in [0, 0.1) is 30.6 Å². The lowest BCUT2D eigenvalue weighted by Crippen LogP contribution is -2.48. The second-order valence-corrected chi connectivity index (χ2v) is 8.20. The maximum atomic E-state index is 11.7. The van der Waals surface area contributed by atoms with E-state index in [4.69, 9.17) is 11.4 Å². The van der Waals surface area contributed by atoms with E-state index in [2.05, 4.69) is 33.2 Å². The number of aromatic nitrogens is 5. The standard InChI is InChI=1S/C25H22N8O/c1-4-24(34)32-9-7-31(8-10-32)23-6-5-18(13-27-23)21-11-19(22-15-28-30(3)17(22)2)16-33-25(21)20(12-26)14-29-33/h1,5-6,11,13-16H,7-10H2,2-3H3. The first-order valence-corrected chi connectivity index (χ1v) is 10.9. The maximum absolute atomic E-state index is 11.7. The Labute approximate surface area is 196 Å². The van der Waals surface area contributed by atoms with Crippen LogP contribution in [0.4, 0.5) is 5.82 Å². The van der Waals surface area contributed by atoms with Crippen molar-refractivity contribution >= 4 is 17.2 Å². The van der Waals surface area contributed by atoms with E-state index in [9.17, 15) is 10.1 Å². The largest absolute Gasteiger partial charge is 0.353 e. The van der Waals surface area contributed by atoms with Gasteiger partial charge in [0.15, 0.2) is 0 Å².